The third kappa shape index (κ3) is 5.76. The van der Waals surface area contributed by atoms with Crippen LogP contribution in [0.25, 0.3) is 11.4 Å². The van der Waals surface area contributed by atoms with E-state index in [0.29, 0.717) is 35.9 Å². The summed E-state index contributed by atoms with van der Waals surface area (Å²) >= 11 is 0. The summed E-state index contributed by atoms with van der Waals surface area (Å²) in [4.78, 5) is 26.7. The standard InChI is InChI=1S/C26H30FN5O2/c1-3-32(22-6-4-5-19(2)17-22)25-23(26(33)28-11-12-31-13-15-34-16-14-31)18-29-24(30-25)20-7-9-21(27)10-8-20/h4-10,17-18H,3,11-16H2,1-2H3,(H,28,33). The number of nitrogens with zero attached hydrogens (tertiary/aromatic N) is 4. The quantitative estimate of drug-likeness (QED) is 0.548. The van der Waals surface area contributed by atoms with Gasteiger partial charge in [0.25, 0.3) is 5.91 Å². The lowest BCUT2D eigenvalue weighted by Gasteiger charge is -2.27. The van der Waals surface area contributed by atoms with Gasteiger partial charge >= 0.3 is 0 Å². The molecule has 4 rings (SSSR count). The second kappa shape index (κ2) is 11.2. The van der Waals surface area contributed by atoms with Gasteiger partial charge in [0, 0.05) is 50.2 Å². The Labute approximate surface area is 199 Å². The SMILES string of the molecule is CCN(c1cccc(C)c1)c1nc(-c2ccc(F)cc2)ncc1C(=O)NCCN1CCOCC1. The number of ether oxygens (including phenoxy) is 1. The maximum Gasteiger partial charge on any atom is 0.256 e. The lowest BCUT2D eigenvalue weighted by molar-refractivity contribution is 0.0383. The number of carbonyl (C=O) groups excluding carboxylic acids is 1. The van der Waals surface area contributed by atoms with Crippen molar-refractivity contribution in [2.45, 2.75) is 13.8 Å². The maximum atomic E-state index is 13.4. The third-order valence-electron chi connectivity index (χ3n) is 5.82. The fourth-order valence-corrected chi connectivity index (χ4v) is 3.97. The molecule has 0 saturated carbocycles. The molecule has 3 aromatic rings. The van der Waals surface area contributed by atoms with Crippen molar-refractivity contribution in [2.24, 2.45) is 0 Å². The summed E-state index contributed by atoms with van der Waals surface area (Å²) < 4.78 is 18.8. The Morgan fingerprint density at radius 3 is 2.65 bits per heavy atom. The highest BCUT2D eigenvalue weighted by molar-refractivity contribution is 5.99. The zero-order chi connectivity index (χ0) is 23.9. The Balaban J connectivity index is 1.63. The molecule has 0 bridgehead atoms. The molecule has 0 atom stereocenters. The molecular formula is C26H30FN5O2. The van der Waals surface area contributed by atoms with E-state index in [1.807, 2.05) is 36.9 Å². The number of aromatic nitrogens is 2. The lowest BCUT2D eigenvalue weighted by atomic mass is 10.1. The van der Waals surface area contributed by atoms with Crippen LogP contribution in [0.5, 0.6) is 0 Å². The van der Waals surface area contributed by atoms with Gasteiger partial charge in [0.15, 0.2) is 5.82 Å². The van der Waals surface area contributed by atoms with E-state index in [4.69, 9.17) is 9.72 Å². The topological polar surface area (TPSA) is 70.6 Å². The van der Waals surface area contributed by atoms with E-state index in [-0.39, 0.29) is 11.7 Å². The van der Waals surface area contributed by atoms with Crippen LogP contribution in [0.4, 0.5) is 15.9 Å². The molecule has 1 amide bonds. The zero-order valence-corrected chi connectivity index (χ0v) is 19.6. The van der Waals surface area contributed by atoms with E-state index < -0.39 is 0 Å². The molecule has 1 saturated heterocycles. The summed E-state index contributed by atoms with van der Waals surface area (Å²) in [5.74, 6) is 0.410. The summed E-state index contributed by atoms with van der Waals surface area (Å²) in [6, 6.07) is 14.1. The van der Waals surface area contributed by atoms with E-state index in [1.165, 1.54) is 12.1 Å². The fraction of sp³-hybridized carbons (Fsp3) is 0.346. The molecule has 1 aliphatic heterocycles. The highest BCUT2D eigenvalue weighted by atomic mass is 19.1. The molecule has 0 radical (unpaired) electrons. The highest BCUT2D eigenvalue weighted by Crippen LogP contribution is 2.29. The van der Waals surface area contributed by atoms with E-state index in [0.717, 1.165) is 44.1 Å². The number of anilines is 2. The third-order valence-corrected chi connectivity index (χ3v) is 5.82. The minimum atomic E-state index is -0.324. The minimum Gasteiger partial charge on any atom is -0.379 e. The molecule has 1 fully saturated rings. The second-order valence-corrected chi connectivity index (χ2v) is 8.23. The zero-order valence-electron chi connectivity index (χ0n) is 19.6. The lowest BCUT2D eigenvalue weighted by Crippen LogP contribution is -2.41. The summed E-state index contributed by atoms with van der Waals surface area (Å²) in [5.41, 5.74) is 3.13. The first-order chi connectivity index (χ1) is 16.5. The van der Waals surface area contributed by atoms with E-state index in [1.54, 1.807) is 18.3 Å². The Bertz CT molecular complexity index is 1120. The van der Waals surface area contributed by atoms with Crippen molar-refractivity contribution in [1.29, 1.82) is 0 Å². The molecule has 0 spiro atoms. The molecule has 1 aromatic heterocycles. The minimum absolute atomic E-state index is 0.222. The number of amides is 1. The first-order valence-electron chi connectivity index (χ1n) is 11.6. The number of morpholine rings is 1. The van der Waals surface area contributed by atoms with Gasteiger partial charge in [-0.05, 0) is 55.8 Å². The normalized spacial score (nSPS) is 14.1. The van der Waals surface area contributed by atoms with Crippen molar-refractivity contribution in [3.8, 4) is 11.4 Å². The molecule has 1 N–H and O–H groups in total. The number of benzene rings is 2. The molecule has 7 nitrogen and oxygen atoms in total. The van der Waals surface area contributed by atoms with E-state index >= 15 is 0 Å². The molecule has 8 heteroatoms. The van der Waals surface area contributed by atoms with Gasteiger partial charge in [-0.25, -0.2) is 14.4 Å². The van der Waals surface area contributed by atoms with Crippen molar-refractivity contribution < 1.29 is 13.9 Å². The number of hydrogen-bond donors (Lipinski definition) is 1. The second-order valence-electron chi connectivity index (χ2n) is 8.23. The van der Waals surface area contributed by atoms with Gasteiger partial charge in [-0.15, -0.1) is 0 Å². The molecule has 2 heterocycles. The number of rotatable bonds is 8. The summed E-state index contributed by atoms with van der Waals surface area (Å²) in [6.45, 7) is 9.11. The van der Waals surface area contributed by atoms with Crippen LogP contribution in [0, 0.1) is 12.7 Å². The van der Waals surface area contributed by atoms with Crippen LogP contribution in [0.1, 0.15) is 22.8 Å². The van der Waals surface area contributed by atoms with Crippen LogP contribution in [0.2, 0.25) is 0 Å². The number of nitrogens with one attached hydrogen (secondary N) is 1. The molecule has 1 aliphatic rings. The highest BCUT2D eigenvalue weighted by Gasteiger charge is 2.21. The maximum absolute atomic E-state index is 13.4. The molecule has 0 aliphatic carbocycles. The summed E-state index contributed by atoms with van der Waals surface area (Å²) in [5, 5.41) is 3.02. The van der Waals surface area contributed by atoms with Gasteiger partial charge in [0.2, 0.25) is 0 Å². The fourth-order valence-electron chi connectivity index (χ4n) is 3.97. The Hall–Kier alpha value is -3.36. The molecule has 2 aromatic carbocycles. The van der Waals surface area contributed by atoms with Gasteiger partial charge in [-0.2, -0.15) is 0 Å². The smallest absolute Gasteiger partial charge is 0.256 e. The van der Waals surface area contributed by atoms with Gasteiger partial charge in [-0.1, -0.05) is 12.1 Å². The molecule has 178 valence electrons. The van der Waals surface area contributed by atoms with Crippen LogP contribution >= 0.6 is 0 Å². The van der Waals surface area contributed by atoms with Crippen molar-refractivity contribution in [2.75, 3.05) is 50.8 Å². The summed E-state index contributed by atoms with van der Waals surface area (Å²) in [6.07, 6.45) is 1.56. The number of carbonyl (C=O) groups is 1. The molecular weight excluding hydrogens is 433 g/mol. The Morgan fingerprint density at radius 1 is 1.18 bits per heavy atom. The van der Waals surface area contributed by atoms with Crippen molar-refractivity contribution in [3.63, 3.8) is 0 Å². The number of aryl methyl sites for hydroxylation is 1. The molecule has 0 unspecified atom stereocenters. The Morgan fingerprint density at radius 2 is 1.94 bits per heavy atom. The van der Waals surface area contributed by atoms with Crippen molar-refractivity contribution in [1.82, 2.24) is 20.2 Å². The van der Waals surface area contributed by atoms with Gasteiger partial charge in [0.1, 0.15) is 17.2 Å². The van der Waals surface area contributed by atoms with Crippen LogP contribution < -0.4 is 10.2 Å². The first kappa shape index (κ1) is 23.8. The van der Waals surface area contributed by atoms with Crippen LogP contribution in [-0.2, 0) is 4.74 Å². The number of halogens is 1. The average molecular weight is 464 g/mol. The van der Waals surface area contributed by atoms with Crippen LogP contribution in [-0.4, -0.2) is 66.7 Å². The molecule has 34 heavy (non-hydrogen) atoms. The van der Waals surface area contributed by atoms with Gasteiger partial charge in [0.05, 0.1) is 13.2 Å². The Kier molecular flexibility index (Phi) is 7.82. The van der Waals surface area contributed by atoms with Crippen molar-refractivity contribution in [3.05, 3.63) is 71.7 Å². The van der Waals surface area contributed by atoms with Gasteiger partial charge < -0.3 is 15.0 Å². The first-order valence-corrected chi connectivity index (χ1v) is 11.6. The monoisotopic (exact) mass is 463 g/mol. The summed E-state index contributed by atoms with van der Waals surface area (Å²) in [7, 11) is 0. The predicted molar refractivity (Wildman–Crippen MR) is 131 cm³/mol. The van der Waals surface area contributed by atoms with E-state index in [2.05, 4.69) is 21.3 Å². The van der Waals surface area contributed by atoms with Crippen LogP contribution in [0.3, 0.4) is 0 Å². The largest absolute Gasteiger partial charge is 0.379 e. The van der Waals surface area contributed by atoms with Gasteiger partial charge in [-0.3, -0.25) is 9.69 Å². The number of hydrogen-bond acceptors (Lipinski definition) is 6. The van der Waals surface area contributed by atoms with E-state index in [9.17, 15) is 9.18 Å². The van der Waals surface area contributed by atoms with Crippen LogP contribution in [0.15, 0.2) is 54.7 Å². The van der Waals surface area contributed by atoms with Crippen molar-refractivity contribution >= 4 is 17.4 Å². The average Bonchev–Trinajstić information content (AvgIpc) is 2.85. The predicted octanol–water partition coefficient (Wildman–Crippen LogP) is 3.81.